The Hall–Kier alpha value is -1.67. The van der Waals surface area contributed by atoms with Gasteiger partial charge in [-0.05, 0) is 49.1 Å². The van der Waals surface area contributed by atoms with Gasteiger partial charge in [-0.25, -0.2) is 0 Å². The van der Waals surface area contributed by atoms with E-state index in [2.05, 4.69) is 35.8 Å². The fraction of sp³-hybridized carbons (Fsp3) is 0.611. The van der Waals surface area contributed by atoms with E-state index < -0.39 is 6.61 Å². The molecule has 3 nitrogen and oxygen atoms in total. The van der Waals surface area contributed by atoms with Crippen molar-refractivity contribution >= 4 is 0 Å². The summed E-state index contributed by atoms with van der Waals surface area (Å²) in [5, 5.41) is 8.82. The lowest BCUT2D eigenvalue weighted by molar-refractivity contribution is -0.0920. The van der Waals surface area contributed by atoms with Crippen LogP contribution in [0.2, 0.25) is 0 Å². The minimum absolute atomic E-state index is 0.0290. The van der Waals surface area contributed by atoms with Gasteiger partial charge in [-0.2, -0.15) is 14.0 Å². The predicted octanol–water partition coefficient (Wildman–Crippen LogP) is 4.89. The number of hydrogen-bond donors (Lipinski definition) is 0. The van der Waals surface area contributed by atoms with Gasteiger partial charge in [0.1, 0.15) is 5.76 Å². The van der Waals surface area contributed by atoms with Crippen molar-refractivity contribution in [1.82, 2.24) is 4.90 Å². The van der Waals surface area contributed by atoms with E-state index in [-0.39, 0.29) is 11.2 Å². The SMILES string of the molecule is C=C/C(=C\C(=C)CN1CCC(C)(CC#N)CC1)OC(F)F.CC. The van der Waals surface area contributed by atoms with Crippen LogP contribution in [0.15, 0.2) is 36.6 Å². The van der Waals surface area contributed by atoms with E-state index in [4.69, 9.17) is 5.26 Å². The molecule has 23 heavy (non-hydrogen) atoms. The summed E-state index contributed by atoms with van der Waals surface area (Å²) in [4.78, 5) is 2.21. The van der Waals surface area contributed by atoms with Gasteiger partial charge in [0, 0.05) is 13.0 Å². The standard InChI is InChI=1S/C16H22F2N2O.C2H6/c1-4-14(21-15(17)18)11-13(2)12-20-9-6-16(3,5-8-19)7-10-20;1-2/h4,11,15H,1-2,5-7,9-10,12H2,3H3;1-2H3/b14-11+;. The van der Waals surface area contributed by atoms with Crippen molar-refractivity contribution in [3.63, 3.8) is 0 Å². The zero-order valence-corrected chi connectivity index (χ0v) is 14.4. The minimum atomic E-state index is -2.86. The van der Waals surface area contributed by atoms with Gasteiger partial charge in [0.15, 0.2) is 0 Å². The van der Waals surface area contributed by atoms with E-state index in [1.165, 1.54) is 12.2 Å². The van der Waals surface area contributed by atoms with Crippen LogP contribution < -0.4 is 0 Å². The summed E-state index contributed by atoms with van der Waals surface area (Å²) in [5.41, 5.74) is 0.794. The molecule has 0 unspecified atom stereocenters. The van der Waals surface area contributed by atoms with Gasteiger partial charge in [0.25, 0.3) is 0 Å². The zero-order valence-electron chi connectivity index (χ0n) is 14.4. The highest BCUT2D eigenvalue weighted by Crippen LogP contribution is 2.34. The van der Waals surface area contributed by atoms with Crippen molar-refractivity contribution in [2.45, 2.75) is 46.6 Å². The molecule has 0 N–H and O–H groups in total. The van der Waals surface area contributed by atoms with Crippen molar-refractivity contribution in [2.24, 2.45) is 5.41 Å². The van der Waals surface area contributed by atoms with Crippen LogP contribution in [-0.2, 0) is 4.74 Å². The minimum Gasteiger partial charge on any atom is -0.435 e. The molecular formula is C18H28F2N2O. The molecule has 1 aliphatic heterocycles. The first-order valence-electron chi connectivity index (χ1n) is 7.94. The van der Waals surface area contributed by atoms with Crippen LogP contribution in [0.5, 0.6) is 0 Å². The Morgan fingerprint density at radius 2 is 1.96 bits per heavy atom. The molecule has 1 saturated heterocycles. The summed E-state index contributed by atoms with van der Waals surface area (Å²) in [7, 11) is 0. The van der Waals surface area contributed by atoms with Crippen LogP contribution >= 0.6 is 0 Å². The number of nitriles is 1. The van der Waals surface area contributed by atoms with Crippen molar-refractivity contribution in [3.05, 3.63) is 36.6 Å². The molecule has 0 aromatic heterocycles. The van der Waals surface area contributed by atoms with E-state index in [1.807, 2.05) is 13.8 Å². The Bertz CT molecular complexity index is 444. The van der Waals surface area contributed by atoms with Crippen LogP contribution in [0.3, 0.4) is 0 Å². The topological polar surface area (TPSA) is 36.3 Å². The molecule has 0 radical (unpaired) electrons. The second kappa shape index (κ2) is 11.0. The summed E-state index contributed by atoms with van der Waals surface area (Å²) >= 11 is 0. The summed E-state index contributed by atoms with van der Waals surface area (Å²) in [6, 6.07) is 2.24. The molecule has 0 saturated carbocycles. The smallest absolute Gasteiger partial charge is 0.387 e. The number of allylic oxidation sites excluding steroid dienone is 1. The molecule has 1 aliphatic rings. The maximum Gasteiger partial charge on any atom is 0.387 e. The van der Waals surface area contributed by atoms with E-state index in [0.717, 1.165) is 25.9 Å². The van der Waals surface area contributed by atoms with Gasteiger partial charge in [-0.1, -0.05) is 33.9 Å². The maximum atomic E-state index is 12.2. The molecule has 1 fully saturated rings. The van der Waals surface area contributed by atoms with Crippen molar-refractivity contribution in [1.29, 1.82) is 5.26 Å². The number of alkyl halides is 2. The quantitative estimate of drug-likeness (QED) is 0.493. The molecule has 0 spiro atoms. The molecular weight excluding hydrogens is 298 g/mol. The van der Waals surface area contributed by atoms with Crippen molar-refractivity contribution in [3.8, 4) is 6.07 Å². The molecule has 0 atom stereocenters. The summed E-state index contributed by atoms with van der Waals surface area (Å²) in [6.07, 6.45) is 5.23. The fourth-order valence-corrected chi connectivity index (χ4v) is 2.40. The molecule has 0 amide bonds. The van der Waals surface area contributed by atoms with Crippen LogP contribution in [-0.4, -0.2) is 31.1 Å². The number of ether oxygens (including phenoxy) is 1. The average molecular weight is 326 g/mol. The van der Waals surface area contributed by atoms with E-state index in [0.29, 0.717) is 18.5 Å². The average Bonchev–Trinajstić information content (AvgIpc) is 2.51. The maximum absolute atomic E-state index is 12.2. The summed E-state index contributed by atoms with van der Waals surface area (Å²) < 4.78 is 28.6. The second-order valence-corrected chi connectivity index (χ2v) is 5.71. The second-order valence-electron chi connectivity index (χ2n) is 5.71. The Balaban J connectivity index is 0.00000232. The monoisotopic (exact) mass is 326 g/mol. The highest BCUT2D eigenvalue weighted by molar-refractivity contribution is 5.24. The first-order chi connectivity index (χ1) is 10.9. The number of piperidine rings is 1. The van der Waals surface area contributed by atoms with Crippen LogP contribution in [0.4, 0.5) is 8.78 Å². The number of nitrogens with zero attached hydrogens (tertiary/aromatic N) is 2. The number of rotatable bonds is 7. The lowest BCUT2D eigenvalue weighted by Crippen LogP contribution is -2.39. The third kappa shape index (κ3) is 8.51. The molecule has 5 heteroatoms. The molecule has 130 valence electrons. The largest absolute Gasteiger partial charge is 0.435 e. The fourth-order valence-electron chi connectivity index (χ4n) is 2.40. The highest BCUT2D eigenvalue weighted by atomic mass is 19.3. The lowest BCUT2D eigenvalue weighted by atomic mass is 9.78. The van der Waals surface area contributed by atoms with Gasteiger partial charge in [-0.3, -0.25) is 4.90 Å². The van der Waals surface area contributed by atoms with Crippen molar-refractivity contribution < 1.29 is 13.5 Å². The van der Waals surface area contributed by atoms with E-state index in [1.54, 1.807) is 0 Å². The Kier molecular flexibility index (Phi) is 10.2. The number of halogens is 2. The molecule has 0 aliphatic carbocycles. The highest BCUT2D eigenvalue weighted by Gasteiger charge is 2.29. The Morgan fingerprint density at radius 1 is 1.39 bits per heavy atom. The van der Waals surface area contributed by atoms with Crippen LogP contribution in [0.25, 0.3) is 0 Å². The van der Waals surface area contributed by atoms with Gasteiger partial charge in [0.2, 0.25) is 0 Å². The molecule has 0 aromatic carbocycles. The molecule has 1 heterocycles. The predicted molar refractivity (Wildman–Crippen MR) is 89.9 cm³/mol. The van der Waals surface area contributed by atoms with Gasteiger partial charge in [0.05, 0.1) is 6.07 Å². The van der Waals surface area contributed by atoms with Gasteiger partial charge >= 0.3 is 6.61 Å². The third-order valence-corrected chi connectivity index (χ3v) is 3.77. The zero-order chi connectivity index (χ0) is 17.9. The number of hydrogen-bond acceptors (Lipinski definition) is 3. The normalized spacial score (nSPS) is 17.7. The molecule has 1 rings (SSSR count). The first kappa shape index (κ1) is 21.3. The lowest BCUT2D eigenvalue weighted by Gasteiger charge is -2.38. The molecule has 0 bridgehead atoms. The van der Waals surface area contributed by atoms with E-state index in [9.17, 15) is 8.78 Å². The van der Waals surface area contributed by atoms with E-state index >= 15 is 0 Å². The summed E-state index contributed by atoms with van der Waals surface area (Å²) in [6.45, 7) is 13.0. The first-order valence-corrected chi connectivity index (χ1v) is 7.94. The van der Waals surface area contributed by atoms with Gasteiger partial charge < -0.3 is 4.74 Å². The van der Waals surface area contributed by atoms with Crippen LogP contribution in [0, 0.1) is 16.7 Å². The Labute approximate surface area is 138 Å². The molecule has 0 aromatic rings. The summed E-state index contributed by atoms with van der Waals surface area (Å²) in [5.74, 6) is 0.0290. The van der Waals surface area contributed by atoms with Gasteiger partial charge in [-0.15, -0.1) is 0 Å². The number of likely N-dealkylation sites (tertiary alicyclic amines) is 1. The Morgan fingerprint density at radius 3 is 2.39 bits per heavy atom. The van der Waals surface area contributed by atoms with Crippen molar-refractivity contribution in [2.75, 3.05) is 19.6 Å². The van der Waals surface area contributed by atoms with Crippen LogP contribution in [0.1, 0.15) is 40.0 Å². The third-order valence-electron chi connectivity index (χ3n) is 3.77.